The van der Waals surface area contributed by atoms with Crippen molar-refractivity contribution in [2.75, 3.05) is 6.61 Å². The molecule has 0 aromatic heterocycles. The summed E-state index contributed by atoms with van der Waals surface area (Å²) in [5, 5.41) is 44.3. The fraction of sp³-hybridized carbons (Fsp3) is 0.950. The lowest BCUT2D eigenvalue weighted by Gasteiger charge is -2.69. The minimum absolute atomic E-state index is 0.0561. The first-order chi connectivity index (χ1) is 12.6. The van der Waals surface area contributed by atoms with Crippen LogP contribution in [0.15, 0.2) is 0 Å². The van der Waals surface area contributed by atoms with Crippen LogP contribution in [0, 0.1) is 40.4 Å². The number of carbonyl (C=O) groups is 1. The molecule has 152 valence electrons. The van der Waals surface area contributed by atoms with Gasteiger partial charge in [0.15, 0.2) is 5.79 Å². The van der Waals surface area contributed by atoms with Crippen molar-refractivity contribution in [3.63, 3.8) is 0 Å². The molecule has 5 fully saturated rings. The van der Waals surface area contributed by atoms with E-state index in [0.717, 1.165) is 0 Å². The standard InChI is InChI=1S/C20H30O7/c1-8-4-12(21)16(24)18(3)10(8)5-13-19-7-26-20(25,17(18)19)15(23)9(2)11(19)6-14(22)27-13/h8-13,15-17,21,23-25H,4-7H2,1-3H3/t8-,9-,10+,11+,12+,13-,15-,16-,17-,18-,19-,20+/m1/s1. The van der Waals surface area contributed by atoms with Gasteiger partial charge in [-0.3, -0.25) is 4.79 Å². The van der Waals surface area contributed by atoms with Crippen LogP contribution in [0.1, 0.15) is 40.0 Å². The van der Waals surface area contributed by atoms with Crippen molar-refractivity contribution in [1.29, 1.82) is 0 Å². The van der Waals surface area contributed by atoms with Gasteiger partial charge in [-0.25, -0.2) is 0 Å². The third-order valence-electron chi connectivity index (χ3n) is 9.20. The van der Waals surface area contributed by atoms with E-state index in [4.69, 9.17) is 9.47 Å². The molecule has 2 bridgehead atoms. The van der Waals surface area contributed by atoms with Crippen molar-refractivity contribution in [2.24, 2.45) is 40.4 Å². The first kappa shape index (κ1) is 18.3. The topological polar surface area (TPSA) is 116 Å². The van der Waals surface area contributed by atoms with Crippen LogP contribution in [0.2, 0.25) is 0 Å². The number of carbonyl (C=O) groups excluding carboxylic acids is 1. The van der Waals surface area contributed by atoms with Crippen molar-refractivity contribution >= 4 is 5.97 Å². The average molecular weight is 382 g/mol. The highest BCUT2D eigenvalue weighted by Gasteiger charge is 2.82. The molecule has 2 saturated heterocycles. The Hall–Kier alpha value is -0.730. The summed E-state index contributed by atoms with van der Waals surface area (Å²) in [6.07, 6.45) is -2.26. The minimum atomic E-state index is -1.82. The first-order valence-electron chi connectivity index (χ1n) is 10.2. The van der Waals surface area contributed by atoms with Gasteiger partial charge in [-0.05, 0) is 36.5 Å². The zero-order valence-corrected chi connectivity index (χ0v) is 16.0. The van der Waals surface area contributed by atoms with Gasteiger partial charge in [0.25, 0.3) is 0 Å². The molecule has 0 amide bonds. The second-order valence-corrected chi connectivity index (χ2v) is 10.1. The molecule has 2 heterocycles. The molecule has 7 heteroatoms. The molecule has 12 atom stereocenters. The molecule has 5 aliphatic rings. The Morgan fingerprint density at radius 2 is 1.78 bits per heavy atom. The summed E-state index contributed by atoms with van der Waals surface area (Å²) in [4.78, 5) is 12.4. The zero-order valence-electron chi connectivity index (χ0n) is 16.0. The highest BCUT2D eigenvalue weighted by molar-refractivity contribution is 5.71. The Bertz CT molecular complexity index is 683. The smallest absolute Gasteiger partial charge is 0.306 e. The van der Waals surface area contributed by atoms with Gasteiger partial charge in [0, 0.05) is 23.2 Å². The molecule has 0 aromatic carbocycles. The number of hydrogen-bond donors (Lipinski definition) is 4. The van der Waals surface area contributed by atoms with Crippen molar-refractivity contribution in [2.45, 2.75) is 70.2 Å². The van der Waals surface area contributed by atoms with Gasteiger partial charge < -0.3 is 29.9 Å². The summed E-state index contributed by atoms with van der Waals surface area (Å²) in [5.74, 6) is -3.18. The van der Waals surface area contributed by atoms with Crippen LogP contribution in [0.3, 0.4) is 0 Å². The second-order valence-electron chi connectivity index (χ2n) is 10.1. The van der Waals surface area contributed by atoms with Gasteiger partial charge in [0.2, 0.25) is 0 Å². The lowest BCUT2D eigenvalue weighted by atomic mass is 9.37. The number of hydrogen-bond acceptors (Lipinski definition) is 7. The van der Waals surface area contributed by atoms with E-state index in [1.165, 1.54) is 0 Å². The highest BCUT2D eigenvalue weighted by Crippen LogP contribution is 2.74. The minimum Gasteiger partial charge on any atom is -0.462 e. The molecule has 7 nitrogen and oxygen atoms in total. The zero-order chi connectivity index (χ0) is 19.5. The number of aliphatic hydroxyl groups excluding tert-OH is 3. The summed E-state index contributed by atoms with van der Waals surface area (Å²) in [6.45, 7) is 6.00. The Morgan fingerprint density at radius 1 is 1.07 bits per heavy atom. The monoisotopic (exact) mass is 382 g/mol. The van der Waals surface area contributed by atoms with Crippen molar-refractivity contribution in [3.05, 3.63) is 0 Å². The van der Waals surface area contributed by atoms with E-state index in [2.05, 4.69) is 0 Å². The van der Waals surface area contributed by atoms with Crippen LogP contribution in [-0.2, 0) is 14.3 Å². The van der Waals surface area contributed by atoms with E-state index in [-0.39, 0.29) is 42.7 Å². The molecule has 3 saturated carbocycles. The maximum absolute atomic E-state index is 12.4. The third kappa shape index (κ3) is 1.84. The summed E-state index contributed by atoms with van der Waals surface area (Å²) >= 11 is 0. The predicted molar refractivity (Wildman–Crippen MR) is 92.0 cm³/mol. The Kier molecular flexibility index (Phi) is 3.56. The molecule has 0 aromatic rings. The first-order valence-corrected chi connectivity index (χ1v) is 10.2. The van der Waals surface area contributed by atoms with Gasteiger partial charge >= 0.3 is 5.97 Å². The van der Waals surface area contributed by atoms with Crippen molar-refractivity contribution in [1.82, 2.24) is 0 Å². The summed E-state index contributed by atoms with van der Waals surface area (Å²) in [7, 11) is 0. The van der Waals surface area contributed by atoms with E-state index in [1.54, 1.807) is 0 Å². The van der Waals surface area contributed by atoms with Gasteiger partial charge in [0.05, 0.1) is 18.8 Å². The number of ether oxygens (including phenoxy) is 2. The van der Waals surface area contributed by atoms with Crippen LogP contribution in [0.5, 0.6) is 0 Å². The summed E-state index contributed by atoms with van der Waals surface area (Å²) < 4.78 is 11.7. The molecular formula is C20H30O7. The van der Waals surface area contributed by atoms with Gasteiger partial charge in [0.1, 0.15) is 12.2 Å². The molecule has 3 aliphatic carbocycles. The molecule has 4 N–H and O–H groups in total. The van der Waals surface area contributed by atoms with Crippen LogP contribution >= 0.6 is 0 Å². The maximum Gasteiger partial charge on any atom is 0.306 e. The molecule has 1 spiro atoms. The Labute approximate surface area is 158 Å². The lowest BCUT2D eigenvalue weighted by molar-refractivity contribution is -0.348. The van der Waals surface area contributed by atoms with E-state index >= 15 is 0 Å². The van der Waals surface area contributed by atoms with Crippen LogP contribution < -0.4 is 0 Å². The molecule has 0 radical (unpaired) electrons. The summed E-state index contributed by atoms with van der Waals surface area (Å²) in [6, 6.07) is 0. The van der Waals surface area contributed by atoms with Gasteiger partial charge in [-0.1, -0.05) is 20.8 Å². The number of aliphatic hydroxyl groups is 4. The van der Waals surface area contributed by atoms with Gasteiger partial charge in [-0.2, -0.15) is 0 Å². The molecule has 27 heavy (non-hydrogen) atoms. The van der Waals surface area contributed by atoms with Gasteiger partial charge in [-0.15, -0.1) is 0 Å². The van der Waals surface area contributed by atoms with Crippen LogP contribution in [0.25, 0.3) is 0 Å². The summed E-state index contributed by atoms with van der Waals surface area (Å²) in [5.41, 5.74) is -1.49. The number of fused-ring (bicyclic) bond motifs is 1. The highest BCUT2D eigenvalue weighted by atomic mass is 16.6. The fourth-order valence-corrected chi connectivity index (χ4v) is 8.16. The third-order valence-corrected chi connectivity index (χ3v) is 9.20. The number of rotatable bonds is 0. The van der Waals surface area contributed by atoms with E-state index in [9.17, 15) is 25.2 Å². The maximum atomic E-state index is 12.4. The number of esters is 1. The van der Waals surface area contributed by atoms with Crippen molar-refractivity contribution < 1.29 is 34.7 Å². The van der Waals surface area contributed by atoms with Crippen LogP contribution in [0.4, 0.5) is 0 Å². The largest absolute Gasteiger partial charge is 0.462 e. The van der Waals surface area contributed by atoms with Crippen molar-refractivity contribution in [3.8, 4) is 0 Å². The van der Waals surface area contributed by atoms with E-state index in [0.29, 0.717) is 12.8 Å². The molecule has 2 aliphatic heterocycles. The average Bonchev–Trinajstić information content (AvgIpc) is 2.90. The Balaban J connectivity index is 1.74. The molecule has 5 rings (SSSR count). The predicted octanol–water partition coefficient (Wildman–Crippen LogP) is 0.0379. The lowest BCUT2D eigenvalue weighted by Crippen LogP contribution is -2.76. The second kappa shape index (κ2) is 5.25. The molecule has 0 unspecified atom stereocenters. The Morgan fingerprint density at radius 3 is 2.48 bits per heavy atom. The van der Waals surface area contributed by atoms with E-state index in [1.807, 2.05) is 20.8 Å². The SMILES string of the molecule is C[C@H]1[C@@H](O)[C@]2(O)OC[C@]34[C@H]2[C@@]2(C)[C@H](O)[C@@H](O)C[C@@H](C)[C@@H]2C[C@H]3OC(=O)C[C@@H]14. The fourth-order valence-electron chi connectivity index (χ4n) is 8.16. The van der Waals surface area contributed by atoms with Crippen LogP contribution in [-0.4, -0.2) is 63.2 Å². The van der Waals surface area contributed by atoms with E-state index < -0.39 is 47.0 Å². The molecular weight excluding hydrogens is 352 g/mol. The quantitative estimate of drug-likeness (QED) is 0.437. The normalized spacial score (nSPS) is 64.6.